The fourth-order valence-corrected chi connectivity index (χ4v) is 1.70. The maximum atomic E-state index is 12.1. The third-order valence-electron chi connectivity index (χ3n) is 2.79. The van der Waals surface area contributed by atoms with Crippen LogP contribution in [0.25, 0.3) is 0 Å². The van der Waals surface area contributed by atoms with E-state index in [4.69, 9.17) is 0 Å². The summed E-state index contributed by atoms with van der Waals surface area (Å²) in [6.45, 7) is 0. The first-order chi connectivity index (χ1) is 10.0. The average Bonchev–Trinajstić information content (AvgIpc) is 2.49. The van der Waals surface area contributed by atoms with Crippen LogP contribution in [0.4, 0.5) is 5.69 Å². The van der Waals surface area contributed by atoms with Gasteiger partial charge in [-0.1, -0.05) is 0 Å². The van der Waals surface area contributed by atoms with Crippen molar-refractivity contribution in [3.8, 4) is 11.5 Å². The number of hydrogen-bond donors (Lipinski definition) is 3. The number of anilines is 1. The highest BCUT2D eigenvalue weighted by Gasteiger charge is 2.15. The zero-order chi connectivity index (χ0) is 15.4. The Hall–Kier alpha value is -3.02. The molecule has 6 heteroatoms. The van der Waals surface area contributed by atoms with Crippen LogP contribution in [0.1, 0.15) is 20.7 Å². The minimum atomic E-state index is -0.730. The van der Waals surface area contributed by atoms with Crippen molar-refractivity contribution in [1.82, 2.24) is 0 Å². The Morgan fingerprint density at radius 3 is 2.33 bits per heavy atom. The molecule has 0 aliphatic rings. The van der Waals surface area contributed by atoms with Gasteiger partial charge in [0.15, 0.2) is 0 Å². The zero-order valence-electron chi connectivity index (χ0n) is 11.2. The van der Waals surface area contributed by atoms with Gasteiger partial charge in [-0.15, -0.1) is 0 Å². The van der Waals surface area contributed by atoms with E-state index in [1.165, 1.54) is 49.6 Å². The first kappa shape index (κ1) is 14.4. The third-order valence-corrected chi connectivity index (χ3v) is 2.79. The number of rotatable bonds is 3. The number of amides is 1. The van der Waals surface area contributed by atoms with E-state index >= 15 is 0 Å². The molecule has 0 unspecified atom stereocenters. The van der Waals surface area contributed by atoms with E-state index in [9.17, 15) is 19.8 Å². The largest absolute Gasteiger partial charge is 0.508 e. The van der Waals surface area contributed by atoms with Gasteiger partial charge in [0.05, 0.1) is 7.11 Å². The number of phenols is 2. The van der Waals surface area contributed by atoms with Crippen molar-refractivity contribution >= 4 is 17.6 Å². The number of nitrogens with one attached hydrogen (secondary N) is 1. The molecular weight excluding hydrogens is 274 g/mol. The van der Waals surface area contributed by atoms with Crippen molar-refractivity contribution < 1.29 is 24.5 Å². The van der Waals surface area contributed by atoms with Crippen LogP contribution in [0.3, 0.4) is 0 Å². The lowest BCUT2D eigenvalue weighted by atomic mass is 10.1. The molecule has 3 N–H and O–H groups in total. The smallest absolute Gasteiger partial charge is 0.341 e. The Labute approximate surface area is 120 Å². The van der Waals surface area contributed by atoms with E-state index in [2.05, 4.69) is 10.1 Å². The van der Waals surface area contributed by atoms with Gasteiger partial charge in [0.25, 0.3) is 5.91 Å². The Morgan fingerprint density at radius 2 is 1.71 bits per heavy atom. The van der Waals surface area contributed by atoms with E-state index in [1.54, 1.807) is 0 Å². The van der Waals surface area contributed by atoms with E-state index in [0.717, 1.165) is 0 Å². The van der Waals surface area contributed by atoms with Gasteiger partial charge in [0, 0.05) is 11.3 Å². The zero-order valence-corrected chi connectivity index (χ0v) is 11.2. The minimum Gasteiger partial charge on any atom is -0.508 e. The van der Waals surface area contributed by atoms with Gasteiger partial charge in [0.1, 0.15) is 17.1 Å². The van der Waals surface area contributed by atoms with Crippen LogP contribution in [0.15, 0.2) is 42.5 Å². The van der Waals surface area contributed by atoms with Crippen LogP contribution in [-0.2, 0) is 4.74 Å². The average molecular weight is 287 g/mol. The number of phenolic OH excluding ortho intramolecular Hbond substituents is 2. The van der Waals surface area contributed by atoms with Crippen LogP contribution < -0.4 is 5.32 Å². The predicted molar refractivity (Wildman–Crippen MR) is 75.5 cm³/mol. The summed E-state index contributed by atoms with van der Waals surface area (Å²) in [6, 6.07) is 9.83. The summed E-state index contributed by atoms with van der Waals surface area (Å²) >= 11 is 0. The maximum absolute atomic E-state index is 12.1. The quantitative estimate of drug-likeness (QED) is 0.593. The molecular formula is C15H13NO5. The first-order valence-corrected chi connectivity index (χ1v) is 6.03. The van der Waals surface area contributed by atoms with Crippen molar-refractivity contribution in [3.63, 3.8) is 0 Å². The fourth-order valence-electron chi connectivity index (χ4n) is 1.70. The molecule has 0 aliphatic heterocycles. The molecule has 0 spiro atoms. The standard InChI is InChI=1S/C15H13NO5/c1-21-15(20)12-8-9(2-7-13(12)18)14(19)16-10-3-5-11(17)6-4-10/h2-8,17-18H,1H3,(H,16,19). The van der Waals surface area contributed by atoms with E-state index in [0.29, 0.717) is 5.69 Å². The molecule has 2 aromatic rings. The van der Waals surface area contributed by atoms with Gasteiger partial charge in [-0.2, -0.15) is 0 Å². The summed E-state index contributed by atoms with van der Waals surface area (Å²) in [5, 5.41) is 21.4. The van der Waals surface area contributed by atoms with Crippen LogP contribution in [0.5, 0.6) is 11.5 Å². The number of carbonyl (C=O) groups excluding carboxylic acids is 2. The van der Waals surface area contributed by atoms with Crippen LogP contribution in [0.2, 0.25) is 0 Å². The SMILES string of the molecule is COC(=O)c1cc(C(=O)Nc2ccc(O)cc2)ccc1O. The number of ether oxygens (including phenoxy) is 1. The molecule has 21 heavy (non-hydrogen) atoms. The second-order valence-corrected chi connectivity index (χ2v) is 4.22. The normalized spacial score (nSPS) is 9.95. The lowest BCUT2D eigenvalue weighted by Gasteiger charge is -2.08. The second-order valence-electron chi connectivity index (χ2n) is 4.22. The lowest BCUT2D eigenvalue weighted by molar-refractivity contribution is 0.0597. The lowest BCUT2D eigenvalue weighted by Crippen LogP contribution is -2.13. The molecule has 6 nitrogen and oxygen atoms in total. The van der Waals surface area contributed by atoms with Gasteiger partial charge >= 0.3 is 5.97 Å². The molecule has 2 rings (SSSR count). The van der Waals surface area contributed by atoms with Crippen LogP contribution >= 0.6 is 0 Å². The highest BCUT2D eigenvalue weighted by Crippen LogP contribution is 2.21. The highest BCUT2D eigenvalue weighted by atomic mass is 16.5. The summed E-state index contributed by atoms with van der Waals surface area (Å²) in [5.74, 6) is -1.36. The monoisotopic (exact) mass is 287 g/mol. The Bertz CT molecular complexity index is 679. The molecule has 0 heterocycles. The molecule has 0 saturated carbocycles. The van der Waals surface area contributed by atoms with Gasteiger partial charge in [-0.25, -0.2) is 4.79 Å². The minimum absolute atomic E-state index is 0.0872. The number of benzene rings is 2. The second kappa shape index (κ2) is 5.96. The van der Waals surface area contributed by atoms with Gasteiger partial charge in [-0.3, -0.25) is 4.79 Å². The highest BCUT2D eigenvalue weighted by molar-refractivity contribution is 6.06. The molecule has 0 aromatic heterocycles. The Kier molecular flexibility index (Phi) is 4.08. The van der Waals surface area contributed by atoms with Gasteiger partial charge < -0.3 is 20.3 Å². The van der Waals surface area contributed by atoms with Crippen molar-refractivity contribution in [2.75, 3.05) is 12.4 Å². The van der Waals surface area contributed by atoms with Crippen molar-refractivity contribution in [2.24, 2.45) is 0 Å². The number of esters is 1. The molecule has 0 saturated heterocycles. The fraction of sp³-hybridized carbons (Fsp3) is 0.0667. The predicted octanol–water partition coefficient (Wildman–Crippen LogP) is 2.14. The molecule has 0 aliphatic carbocycles. The van der Waals surface area contributed by atoms with E-state index in [1.807, 2.05) is 0 Å². The summed E-state index contributed by atoms with van der Waals surface area (Å²) in [5.41, 5.74) is 0.600. The van der Waals surface area contributed by atoms with E-state index < -0.39 is 11.9 Å². The summed E-state index contributed by atoms with van der Waals surface area (Å²) in [4.78, 5) is 23.5. The third kappa shape index (κ3) is 3.30. The van der Waals surface area contributed by atoms with Crippen molar-refractivity contribution in [1.29, 1.82) is 0 Å². The Morgan fingerprint density at radius 1 is 1.05 bits per heavy atom. The summed E-state index contributed by atoms with van der Waals surface area (Å²) in [7, 11) is 1.19. The molecule has 0 radical (unpaired) electrons. The summed E-state index contributed by atoms with van der Waals surface area (Å²) < 4.78 is 4.52. The summed E-state index contributed by atoms with van der Waals surface area (Å²) in [6.07, 6.45) is 0. The number of aromatic hydroxyl groups is 2. The molecule has 0 atom stereocenters. The van der Waals surface area contributed by atoms with Crippen LogP contribution in [-0.4, -0.2) is 29.2 Å². The molecule has 1 amide bonds. The molecule has 0 bridgehead atoms. The molecule has 108 valence electrons. The Balaban J connectivity index is 2.23. The van der Waals surface area contributed by atoms with Gasteiger partial charge in [0.2, 0.25) is 0 Å². The molecule has 2 aromatic carbocycles. The van der Waals surface area contributed by atoms with Crippen molar-refractivity contribution in [3.05, 3.63) is 53.6 Å². The van der Waals surface area contributed by atoms with E-state index in [-0.39, 0.29) is 22.6 Å². The molecule has 0 fully saturated rings. The van der Waals surface area contributed by atoms with Gasteiger partial charge in [-0.05, 0) is 42.5 Å². The first-order valence-electron chi connectivity index (χ1n) is 6.03. The van der Waals surface area contributed by atoms with Crippen LogP contribution in [0, 0.1) is 0 Å². The maximum Gasteiger partial charge on any atom is 0.341 e. The number of hydrogen-bond acceptors (Lipinski definition) is 5. The number of methoxy groups -OCH3 is 1. The topological polar surface area (TPSA) is 95.9 Å². The van der Waals surface area contributed by atoms with Crippen molar-refractivity contribution in [2.45, 2.75) is 0 Å². The number of carbonyl (C=O) groups is 2.